The zero-order valence-electron chi connectivity index (χ0n) is 13.7. The van der Waals surface area contributed by atoms with E-state index >= 15 is 0 Å². The van der Waals surface area contributed by atoms with Gasteiger partial charge >= 0.3 is 6.09 Å². The fourth-order valence-electron chi connectivity index (χ4n) is 2.78. The van der Waals surface area contributed by atoms with E-state index in [0.717, 1.165) is 4.90 Å². The van der Waals surface area contributed by atoms with Gasteiger partial charge in [0, 0.05) is 18.7 Å². The number of fused-ring (bicyclic) bond motifs is 1. The van der Waals surface area contributed by atoms with E-state index in [2.05, 4.69) is 5.16 Å². The Bertz CT molecular complexity index is 754. The highest BCUT2D eigenvalue weighted by Gasteiger charge is 2.37. The predicted molar refractivity (Wildman–Crippen MR) is 86.2 cm³/mol. The first-order chi connectivity index (χ1) is 12.0. The van der Waals surface area contributed by atoms with E-state index in [4.69, 9.17) is 20.0 Å². The first-order valence-corrected chi connectivity index (χ1v) is 7.57. The number of amides is 2. The Morgan fingerprint density at radius 2 is 2.28 bits per heavy atom. The van der Waals surface area contributed by atoms with E-state index < -0.39 is 23.9 Å². The van der Waals surface area contributed by atoms with Gasteiger partial charge in [0.05, 0.1) is 12.2 Å². The number of nitrogens with zero attached hydrogens (tertiary/aromatic N) is 3. The molecule has 10 heteroatoms. The fraction of sp³-hybridized carbons (Fsp3) is 0.400. The Labute approximate surface area is 142 Å². The SMILES string of the molecule is CCN1C(=NOC)COc2cc(N3C[C@H](C(N)=O)OC3=O)cc(F)c21. The first kappa shape index (κ1) is 16.8. The van der Waals surface area contributed by atoms with Crippen molar-refractivity contribution >= 4 is 29.2 Å². The zero-order valence-corrected chi connectivity index (χ0v) is 13.7. The Hall–Kier alpha value is -3.04. The molecule has 1 aromatic carbocycles. The third-order valence-electron chi connectivity index (χ3n) is 3.91. The second kappa shape index (κ2) is 6.46. The fourth-order valence-corrected chi connectivity index (χ4v) is 2.78. The number of benzene rings is 1. The van der Waals surface area contributed by atoms with Crippen molar-refractivity contribution in [2.75, 3.05) is 36.6 Å². The Balaban J connectivity index is 1.97. The molecular weight excluding hydrogens is 335 g/mol. The van der Waals surface area contributed by atoms with Crippen molar-refractivity contribution in [2.45, 2.75) is 13.0 Å². The molecule has 2 heterocycles. The van der Waals surface area contributed by atoms with Gasteiger partial charge < -0.3 is 24.9 Å². The summed E-state index contributed by atoms with van der Waals surface area (Å²) in [6, 6.07) is 2.68. The average molecular weight is 352 g/mol. The van der Waals surface area contributed by atoms with E-state index in [0.29, 0.717) is 12.4 Å². The number of oxime groups is 1. The number of carbonyl (C=O) groups is 2. The molecular formula is C15H17FN4O5. The van der Waals surface area contributed by atoms with Crippen molar-refractivity contribution in [3.8, 4) is 5.75 Å². The number of cyclic esters (lactones) is 1. The Morgan fingerprint density at radius 1 is 1.52 bits per heavy atom. The monoisotopic (exact) mass is 352 g/mol. The molecule has 1 aromatic rings. The lowest BCUT2D eigenvalue weighted by Crippen LogP contribution is -2.40. The molecule has 134 valence electrons. The molecule has 1 atom stereocenters. The molecule has 0 spiro atoms. The highest BCUT2D eigenvalue weighted by atomic mass is 19.1. The van der Waals surface area contributed by atoms with Gasteiger partial charge in [0.2, 0.25) is 0 Å². The van der Waals surface area contributed by atoms with Gasteiger partial charge in [-0.2, -0.15) is 0 Å². The van der Waals surface area contributed by atoms with Crippen molar-refractivity contribution in [1.82, 2.24) is 0 Å². The maximum Gasteiger partial charge on any atom is 0.415 e. The van der Waals surface area contributed by atoms with Crippen LogP contribution in [0.3, 0.4) is 0 Å². The number of hydrogen-bond donors (Lipinski definition) is 1. The summed E-state index contributed by atoms with van der Waals surface area (Å²) in [5.41, 5.74) is 5.56. The Morgan fingerprint density at radius 3 is 2.88 bits per heavy atom. The maximum atomic E-state index is 14.7. The van der Waals surface area contributed by atoms with Crippen LogP contribution in [0.4, 0.5) is 20.6 Å². The van der Waals surface area contributed by atoms with Crippen molar-refractivity contribution in [3.05, 3.63) is 17.9 Å². The van der Waals surface area contributed by atoms with Gasteiger partial charge in [0.15, 0.2) is 17.8 Å². The van der Waals surface area contributed by atoms with Gasteiger partial charge in [0.1, 0.15) is 25.2 Å². The summed E-state index contributed by atoms with van der Waals surface area (Å²) in [5.74, 6) is -0.683. The molecule has 0 aliphatic carbocycles. The number of rotatable bonds is 4. The number of primary amides is 1. The first-order valence-electron chi connectivity index (χ1n) is 7.57. The molecule has 25 heavy (non-hydrogen) atoms. The third kappa shape index (κ3) is 2.90. The van der Waals surface area contributed by atoms with Crippen LogP contribution in [-0.4, -0.2) is 50.7 Å². The normalized spacial score (nSPS) is 21.0. The standard InChI is InChI=1S/C15H17FN4O5/c1-3-19-12(18-23-2)7-24-10-5-8(4-9(16)13(10)19)20-6-11(14(17)21)25-15(20)22/h4-5,11H,3,6-7H2,1-2H3,(H2,17,21)/t11-/m1/s1. The minimum absolute atomic E-state index is 0.0831. The second-order valence-corrected chi connectivity index (χ2v) is 5.38. The van der Waals surface area contributed by atoms with Crippen molar-refractivity contribution in [2.24, 2.45) is 10.9 Å². The summed E-state index contributed by atoms with van der Waals surface area (Å²) in [4.78, 5) is 30.6. The van der Waals surface area contributed by atoms with E-state index in [9.17, 15) is 14.0 Å². The van der Waals surface area contributed by atoms with E-state index in [1.54, 1.807) is 4.90 Å². The van der Waals surface area contributed by atoms with Crippen molar-refractivity contribution < 1.29 is 28.3 Å². The lowest BCUT2D eigenvalue weighted by molar-refractivity contribution is -0.124. The lowest BCUT2D eigenvalue weighted by atomic mass is 10.1. The van der Waals surface area contributed by atoms with Crippen LogP contribution in [0, 0.1) is 5.82 Å². The summed E-state index contributed by atoms with van der Waals surface area (Å²) >= 11 is 0. The lowest BCUT2D eigenvalue weighted by Gasteiger charge is -2.31. The molecule has 3 rings (SSSR count). The topological polar surface area (TPSA) is 107 Å². The molecule has 2 amide bonds. The van der Waals surface area contributed by atoms with Gasteiger partial charge in [-0.15, -0.1) is 0 Å². The largest absolute Gasteiger partial charge is 0.483 e. The molecule has 1 fully saturated rings. The number of halogens is 1. The van der Waals surface area contributed by atoms with Gasteiger partial charge in [-0.25, -0.2) is 9.18 Å². The highest BCUT2D eigenvalue weighted by Crippen LogP contribution is 2.39. The van der Waals surface area contributed by atoms with Crippen LogP contribution in [-0.2, 0) is 14.4 Å². The summed E-state index contributed by atoms with van der Waals surface area (Å²) in [5, 5.41) is 3.83. The quantitative estimate of drug-likeness (QED) is 0.804. The summed E-state index contributed by atoms with van der Waals surface area (Å²) in [7, 11) is 1.39. The molecule has 0 unspecified atom stereocenters. The number of nitrogens with two attached hydrogens (primary N) is 1. The molecule has 0 radical (unpaired) electrons. The van der Waals surface area contributed by atoms with Gasteiger partial charge in [-0.05, 0) is 6.92 Å². The van der Waals surface area contributed by atoms with Crippen LogP contribution < -0.4 is 20.3 Å². The van der Waals surface area contributed by atoms with E-state index in [1.165, 1.54) is 19.2 Å². The van der Waals surface area contributed by atoms with Crippen LogP contribution in [0.1, 0.15) is 6.92 Å². The molecule has 0 bridgehead atoms. The number of amidine groups is 1. The minimum atomic E-state index is -1.07. The number of ether oxygens (including phenoxy) is 2. The molecule has 0 aromatic heterocycles. The van der Waals surface area contributed by atoms with Crippen LogP contribution in [0.2, 0.25) is 0 Å². The van der Waals surface area contributed by atoms with Crippen LogP contribution in [0.15, 0.2) is 17.3 Å². The van der Waals surface area contributed by atoms with Gasteiger partial charge in [-0.3, -0.25) is 9.69 Å². The molecule has 1 saturated heterocycles. The highest BCUT2D eigenvalue weighted by molar-refractivity contribution is 6.02. The molecule has 2 aliphatic rings. The second-order valence-electron chi connectivity index (χ2n) is 5.38. The Kier molecular flexibility index (Phi) is 4.34. The molecule has 2 N–H and O–H groups in total. The smallest absolute Gasteiger partial charge is 0.415 e. The van der Waals surface area contributed by atoms with Crippen LogP contribution in [0.25, 0.3) is 0 Å². The number of likely N-dealkylation sites (N-methyl/N-ethyl adjacent to an activating group) is 1. The average Bonchev–Trinajstić information content (AvgIpc) is 2.97. The van der Waals surface area contributed by atoms with E-state index in [-0.39, 0.29) is 30.3 Å². The van der Waals surface area contributed by atoms with Crippen molar-refractivity contribution in [1.29, 1.82) is 0 Å². The summed E-state index contributed by atoms with van der Waals surface area (Å²) in [6.45, 7) is 2.29. The van der Waals surface area contributed by atoms with Crippen LogP contribution >= 0.6 is 0 Å². The van der Waals surface area contributed by atoms with Gasteiger partial charge in [0.25, 0.3) is 5.91 Å². The zero-order chi connectivity index (χ0) is 18.1. The summed E-state index contributed by atoms with van der Waals surface area (Å²) in [6.07, 6.45) is -1.84. The van der Waals surface area contributed by atoms with Crippen LogP contribution in [0.5, 0.6) is 5.75 Å². The number of carbonyl (C=O) groups excluding carboxylic acids is 2. The predicted octanol–water partition coefficient (Wildman–Crippen LogP) is 0.815. The van der Waals surface area contributed by atoms with Gasteiger partial charge in [-0.1, -0.05) is 5.16 Å². The van der Waals surface area contributed by atoms with Crippen molar-refractivity contribution in [3.63, 3.8) is 0 Å². The summed E-state index contributed by atoms with van der Waals surface area (Å²) < 4.78 is 25.1. The molecule has 9 nitrogen and oxygen atoms in total. The number of hydrogen-bond acceptors (Lipinski definition) is 6. The van der Waals surface area contributed by atoms with E-state index in [1.807, 2.05) is 6.92 Å². The minimum Gasteiger partial charge on any atom is -0.483 e. The molecule has 2 aliphatic heterocycles. The molecule has 0 saturated carbocycles. The number of anilines is 2. The third-order valence-corrected chi connectivity index (χ3v) is 3.91. The maximum absolute atomic E-state index is 14.7.